The molecule has 4 nitrogen and oxygen atoms in total. The standard InChI is InChI=1S/C21H34N2O2.ClH/c1-16(2)4-5-17(8-11-22-19-9-12-23(3)13-10-19)18-6-7-20-21(14-18)25-15-24-20;/h6-7,14,16-17,19,22H,4-5,8-13,15H2,1-3H3;1H. The highest BCUT2D eigenvalue weighted by Gasteiger charge is 2.20. The maximum Gasteiger partial charge on any atom is 0.231 e. The van der Waals surface area contributed by atoms with Gasteiger partial charge in [0.25, 0.3) is 0 Å². The summed E-state index contributed by atoms with van der Waals surface area (Å²) in [4.78, 5) is 2.43. The number of nitrogens with one attached hydrogen (secondary N) is 1. The van der Waals surface area contributed by atoms with Crippen molar-refractivity contribution in [2.75, 3.05) is 33.5 Å². The first-order chi connectivity index (χ1) is 12.1. The van der Waals surface area contributed by atoms with Gasteiger partial charge in [-0.25, -0.2) is 0 Å². The van der Waals surface area contributed by atoms with Crippen molar-refractivity contribution in [3.05, 3.63) is 23.8 Å². The van der Waals surface area contributed by atoms with E-state index in [2.05, 4.69) is 49.3 Å². The fourth-order valence-electron chi connectivity index (χ4n) is 3.85. The molecule has 0 amide bonds. The van der Waals surface area contributed by atoms with Gasteiger partial charge in [0.05, 0.1) is 0 Å². The molecule has 2 aliphatic rings. The predicted octanol–water partition coefficient (Wildman–Crippen LogP) is 4.43. The molecule has 26 heavy (non-hydrogen) atoms. The molecule has 0 aromatic heterocycles. The van der Waals surface area contributed by atoms with Crippen LogP contribution in [-0.2, 0) is 0 Å². The third-order valence-electron chi connectivity index (χ3n) is 5.60. The van der Waals surface area contributed by atoms with Crippen LogP contribution < -0.4 is 14.8 Å². The van der Waals surface area contributed by atoms with Gasteiger partial charge in [0, 0.05) is 6.04 Å². The van der Waals surface area contributed by atoms with Gasteiger partial charge in [0.15, 0.2) is 11.5 Å². The van der Waals surface area contributed by atoms with E-state index in [4.69, 9.17) is 9.47 Å². The molecule has 1 aromatic carbocycles. The molecule has 2 heterocycles. The van der Waals surface area contributed by atoms with E-state index in [1.807, 2.05) is 0 Å². The lowest BCUT2D eigenvalue weighted by atomic mass is 9.88. The van der Waals surface area contributed by atoms with Crippen molar-refractivity contribution in [3.8, 4) is 11.5 Å². The molecule has 0 spiro atoms. The van der Waals surface area contributed by atoms with E-state index in [9.17, 15) is 0 Å². The summed E-state index contributed by atoms with van der Waals surface area (Å²) < 4.78 is 11.0. The molecule has 3 rings (SSSR count). The number of fused-ring (bicyclic) bond motifs is 1. The van der Waals surface area contributed by atoms with Crippen LogP contribution >= 0.6 is 12.4 Å². The molecule has 1 fully saturated rings. The number of nitrogens with zero attached hydrogens (tertiary/aromatic N) is 1. The van der Waals surface area contributed by atoms with E-state index in [0.717, 1.165) is 24.0 Å². The van der Waals surface area contributed by atoms with E-state index in [1.165, 1.54) is 50.8 Å². The van der Waals surface area contributed by atoms with Gasteiger partial charge in [-0.05, 0) is 81.9 Å². The molecule has 2 aliphatic heterocycles. The van der Waals surface area contributed by atoms with Crippen molar-refractivity contribution >= 4 is 12.4 Å². The summed E-state index contributed by atoms with van der Waals surface area (Å²) in [6, 6.07) is 7.19. The Hall–Kier alpha value is -0.970. The predicted molar refractivity (Wildman–Crippen MR) is 110 cm³/mol. The van der Waals surface area contributed by atoms with Crippen LogP contribution in [0, 0.1) is 5.92 Å². The molecule has 0 radical (unpaired) electrons. The van der Waals surface area contributed by atoms with Gasteiger partial charge < -0.3 is 19.7 Å². The van der Waals surface area contributed by atoms with Crippen molar-refractivity contribution in [1.29, 1.82) is 0 Å². The van der Waals surface area contributed by atoms with Gasteiger partial charge in [-0.15, -0.1) is 12.4 Å². The minimum atomic E-state index is 0. The van der Waals surface area contributed by atoms with Crippen LogP contribution in [0.5, 0.6) is 11.5 Å². The highest BCUT2D eigenvalue weighted by Crippen LogP contribution is 2.37. The quantitative estimate of drug-likeness (QED) is 0.721. The zero-order chi connectivity index (χ0) is 17.6. The lowest BCUT2D eigenvalue weighted by Crippen LogP contribution is -2.41. The molecule has 1 saturated heterocycles. The third kappa shape index (κ3) is 6.04. The van der Waals surface area contributed by atoms with Gasteiger partial charge in [-0.1, -0.05) is 26.3 Å². The Morgan fingerprint density at radius 3 is 2.54 bits per heavy atom. The van der Waals surface area contributed by atoms with Crippen LogP contribution in [0.25, 0.3) is 0 Å². The zero-order valence-electron chi connectivity index (χ0n) is 16.5. The monoisotopic (exact) mass is 382 g/mol. The number of ether oxygens (including phenoxy) is 2. The Morgan fingerprint density at radius 2 is 1.81 bits per heavy atom. The largest absolute Gasteiger partial charge is 0.454 e. The number of likely N-dealkylation sites (tertiary alicyclic amines) is 1. The van der Waals surface area contributed by atoms with Crippen molar-refractivity contribution in [1.82, 2.24) is 10.2 Å². The maximum absolute atomic E-state index is 5.58. The number of piperidine rings is 1. The lowest BCUT2D eigenvalue weighted by Gasteiger charge is -2.30. The Kier molecular flexibility index (Phi) is 8.52. The number of hydrogen-bond donors (Lipinski definition) is 1. The minimum Gasteiger partial charge on any atom is -0.454 e. The molecule has 0 bridgehead atoms. The number of benzene rings is 1. The molecule has 1 N–H and O–H groups in total. The summed E-state index contributed by atoms with van der Waals surface area (Å²) in [7, 11) is 2.22. The zero-order valence-corrected chi connectivity index (χ0v) is 17.3. The smallest absolute Gasteiger partial charge is 0.231 e. The molecule has 5 heteroatoms. The Labute approximate surface area is 165 Å². The number of halogens is 1. The van der Waals surface area contributed by atoms with E-state index in [1.54, 1.807) is 0 Å². The average Bonchev–Trinajstić information content (AvgIpc) is 3.07. The van der Waals surface area contributed by atoms with Crippen molar-refractivity contribution in [2.24, 2.45) is 5.92 Å². The van der Waals surface area contributed by atoms with Gasteiger partial charge in [0.2, 0.25) is 6.79 Å². The van der Waals surface area contributed by atoms with Crippen LogP contribution in [0.3, 0.4) is 0 Å². The second kappa shape index (κ2) is 10.4. The summed E-state index contributed by atoms with van der Waals surface area (Å²) in [5, 5.41) is 3.80. The van der Waals surface area contributed by atoms with Crippen LogP contribution in [0.15, 0.2) is 18.2 Å². The van der Waals surface area contributed by atoms with Gasteiger partial charge >= 0.3 is 0 Å². The Balaban J connectivity index is 0.00000243. The molecule has 1 atom stereocenters. The second-order valence-electron chi connectivity index (χ2n) is 8.10. The van der Waals surface area contributed by atoms with E-state index < -0.39 is 0 Å². The van der Waals surface area contributed by atoms with Crippen molar-refractivity contribution in [3.63, 3.8) is 0 Å². The Morgan fingerprint density at radius 1 is 1.08 bits per heavy atom. The second-order valence-corrected chi connectivity index (χ2v) is 8.10. The first-order valence-electron chi connectivity index (χ1n) is 9.93. The molecule has 0 saturated carbocycles. The molecular weight excluding hydrogens is 348 g/mol. The average molecular weight is 383 g/mol. The normalized spacial score (nSPS) is 18.8. The van der Waals surface area contributed by atoms with Crippen molar-refractivity contribution in [2.45, 2.75) is 57.9 Å². The van der Waals surface area contributed by atoms with Crippen molar-refractivity contribution < 1.29 is 9.47 Å². The first kappa shape index (κ1) is 21.3. The fourth-order valence-corrected chi connectivity index (χ4v) is 3.85. The summed E-state index contributed by atoms with van der Waals surface area (Å²) in [6.07, 6.45) is 6.26. The molecule has 148 valence electrons. The highest BCUT2D eigenvalue weighted by atomic mass is 35.5. The van der Waals surface area contributed by atoms with Crippen LogP contribution in [0.4, 0.5) is 0 Å². The molecule has 1 unspecified atom stereocenters. The van der Waals surface area contributed by atoms with Gasteiger partial charge in [0.1, 0.15) is 0 Å². The third-order valence-corrected chi connectivity index (χ3v) is 5.60. The lowest BCUT2D eigenvalue weighted by molar-refractivity contribution is 0.174. The first-order valence-corrected chi connectivity index (χ1v) is 9.93. The van der Waals surface area contributed by atoms with Crippen LogP contribution in [0.1, 0.15) is 57.4 Å². The van der Waals surface area contributed by atoms with E-state index in [0.29, 0.717) is 18.8 Å². The van der Waals surface area contributed by atoms with E-state index >= 15 is 0 Å². The number of hydrogen-bond acceptors (Lipinski definition) is 4. The summed E-state index contributed by atoms with van der Waals surface area (Å²) in [5.41, 5.74) is 1.40. The summed E-state index contributed by atoms with van der Waals surface area (Å²) in [5.74, 6) is 3.14. The van der Waals surface area contributed by atoms with Gasteiger partial charge in [-0.2, -0.15) is 0 Å². The topological polar surface area (TPSA) is 33.7 Å². The molecule has 0 aliphatic carbocycles. The SMILES string of the molecule is CC(C)CCC(CCNC1CCN(C)CC1)c1ccc2c(c1)OCO2.Cl. The summed E-state index contributed by atoms with van der Waals surface area (Å²) in [6.45, 7) is 8.52. The highest BCUT2D eigenvalue weighted by molar-refractivity contribution is 5.85. The summed E-state index contributed by atoms with van der Waals surface area (Å²) >= 11 is 0. The van der Waals surface area contributed by atoms with Gasteiger partial charge in [-0.3, -0.25) is 0 Å². The number of rotatable bonds is 8. The fraction of sp³-hybridized carbons (Fsp3) is 0.714. The maximum atomic E-state index is 5.58. The van der Waals surface area contributed by atoms with Crippen LogP contribution in [-0.4, -0.2) is 44.4 Å². The molecular formula is C21H35ClN2O2. The molecule has 1 aromatic rings. The Bertz CT molecular complexity index is 545. The van der Waals surface area contributed by atoms with E-state index in [-0.39, 0.29) is 12.4 Å². The minimum absolute atomic E-state index is 0. The van der Waals surface area contributed by atoms with Crippen LogP contribution in [0.2, 0.25) is 0 Å².